The molecule has 0 unspecified atom stereocenters. The number of halogens is 4. The van der Waals surface area contributed by atoms with Crippen molar-refractivity contribution in [2.45, 2.75) is 51.0 Å². The maximum absolute atomic E-state index is 13.2. The summed E-state index contributed by atoms with van der Waals surface area (Å²) in [5.74, 6) is -0.430. The van der Waals surface area contributed by atoms with Gasteiger partial charge in [0.2, 0.25) is 0 Å². The van der Waals surface area contributed by atoms with Crippen molar-refractivity contribution in [3.8, 4) is 0 Å². The first-order chi connectivity index (χ1) is 14.8. The summed E-state index contributed by atoms with van der Waals surface area (Å²) in [4.78, 5) is 18.7. The Hall–Kier alpha value is -2.68. The van der Waals surface area contributed by atoms with E-state index in [1.165, 1.54) is 6.07 Å². The summed E-state index contributed by atoms with van der Waals surface area (Å²) in [5.41, 5.74) is 2.00. The molecule has 0 radical (unpaired) electrons. The molecule has 2 N–H and O–H groups in total. The second-order valence-corrected chi connectivity index (χ2v) is 7.67. The second-order valence-electron chi connectivity index (χ2n) is 7.67. The van der Waals surface area contributed by atoms with Gasteiger partial charge in [-0.3, -0.25) is 4.98 Å². The molecule has 1 aliphatic heterocycles. The normalized spacial score (nSPS) is 15.0. The summed E-state index contributed by atoms with van der Waals surface area (Å²) in [6, 6.07) is 9.43. The zero-order chi connectivity index (χ0) is 22.3. The quantitative estimate of drug-likeness (QED) is 0.638. The van der Waals surface area contributed by atoms with Gasteiger partial charge in [-0.2, -0.15) is 13.2 Å². The van der Waals surface area contributed by atoms with Crippen LogP contribution in [0, 0.1) is 5.82 Å². The van der Waals surface area contributed by atoms with Crippen molar-refractivity contribution in [2.24, 2.45) is 0 Å². The summed E-state index contributed by atoms with van der Waals surface area (Å²) in [6.07, 6.45) is -2.35. The van der Waals surface area contributed by atoms with Crippen molar-refractivity contribution in [3.63, 3.8) is 0 Å². The molecule has 1 saturated heterocycles. The lowest BCUT2D eigenvalue weighted by Gasteiger charge is -2.34. The van der Waals surface area contributed by atoms with Crippen LogP contribution in [0.5, 0.6) is 0 Å². The topological polar surface area (TPSA) is 57.3 Å². The number of carbonyl (C=O) groups is 1. The van der Waals surface area contributed by atoms with Crippen molar-refractivity contribution in [3.05, 3.63) is 65.2 Å². The summed E-state index contributed by atoms with van der Waals surface area (Å²) in [7, 11) is 0. The number of hydrogen-bond donors (Lipinski definition) is 2. The van der Waals surface area contributed by atoms with Crippen LogP contribution in [0.4, 0.5) is 22.4 Å². The molecule has 3 rings (SSSR count). The number of hydrogen-bond acceptors (Lipinski definition) is 3. The monoisotopic (exact) mass is 438 g/mol. The van der Waals surface area contributed by atoms with E-state index >= 15 is 0 Å². The Morgan fingerprint density at radius 3 is 2.39 bits per heavy atom. The molecule has 1 aromatic heterocycles. The maximum Gasteiger partial charge on any atom is 0.389 e. The number of amides is 2. The Kier molecular flexibility index (Phi) is 7.84. The third-order valence-electron chi connectivity index (χ3n) is 5.30. The molecule has 0 spiro atoms. The molecule has 0 bridgehead atoms. The third-order valence-corrected chi connectivity index (χ3v) is 5.30. The molecule has 0 atom stereocenters. The van der Waals surface area contributed by atoms with E-state index in [0.717, 1.165) is 37.7 Å². The Bertz CT molecular complexity index is 834. The van der Waals surface area contributed by atoms with E-state index in [1.807, 2.05) is 0 Å². The van der Waals surface area contributed by atoms with Crippen LogP contribution in [-0.2, 0) is 19.5 Å². The van der Waals surface area contributed by atoms with Crippen molar-refractivity contribution in [1.29, 1.82) is 0 Å². The zero-order valence-electron chi connectivity index (χ0n) is 17.1. The lowest BCUT2D eigenvalue weighted by molar-refractivity contribution is -0.134. The molecule has 1 fully saturated rings. The highest BCUT2D eigenvalue weighted by Gasteiger charge is 2.27. The first-order valence-electron chi connectivity index (χ1n) is 10.3. The number of nitrogens with one attached hydrogen (secondary N) is 2. The average Bonchev–Trinajstić information content (AvgIpc) is 2.76. The SMILES string of the molecule is O=C(NCc1ccc(CCC(F)(F)F)cc1)N(Cc1ccc(F)cn1)C1CCNCC1. The van der Waals surface area contributed by atoms with Gasteiger partial charge in [0, 0.05) is 19.0 Å². The summed E-state index contributed by atoms with van der Waals surface area (Å²) in [5, 5.41) is 6.16. The zero-order valence-corrected chi connectivity index (χ0v) is 17.1. The smallest absolute Gasteiger partial charge is 0.334 e. The van der Waals surface area contributed by atoms with Gasteiger partial charge < -0.3 is 15.5 Å². The van der Waals surface area contributed by atoms with E-state index in [4.69, 9.17) is 0 Å². The van der Waals surface area contributed by atoms with Crippen LogP contribution in [0.1, 0.15) is 36.1 Å². The molecule has 0 saturated carbocycles. The van der Waals surface area contributed by atoms with Gasteiger partial charge in [-0.25, -0.2) is 9.18 Å². The first kappa shape index (κ1) is 23.0. The lowest BCUT2D eigenvalue weighted by atomic mass is 10.0. The van der Waals surface area contributed by atoms with E-state index in [2.05, 4.69) is 15.6 Å². The minimum absolute atomic E-state index is 0.0397. The molecule has 1 aliphatic rings. The average molecular weight is 438 g/mol. The number of nitrogens with zero attached hydrogens (tertiary/aromatic N) is 2. The van der Waals surface area contributed by atoms with E-state index in [9.17, 15) is 22.4 Å². The van der Waals surface area contributed by atoms with E-state index in [0.29, 0.717) is 11.3 Å². The first-order valence-corrected chi connectivity index (χ1v) is 10.3. The standard InChI is InChI=1S/C22H26F4N4O/c23-18-5-6-19(28-14-18)15-30(20-8-11-27-12-9-20)21(31)29-13-17-3-1-16(2-4-17)7-10-22(24,25)26/h1-6,14,20,27H,7-13,15H2,(H,29,31). The van der Waals surface area contributed by atoms with Crippen LogP contribution in [0.3, 0.4) is 0 Å². The highest BCUT2D eigenvalue weighted by molar-refractivity contribution is 5.74. The molecular weight excluding hydrogens is 412 g/mol. The summed E-state index contributed by atoms with van der Waals surface area (Å²) >= 11 is 0. The number of urea groups is 1. The number of piperidine rings is 1. The molecule has 5 nitrogen and oxygen atoms in total. The maximum atomic E-state index is 13.2. The molecule has 2 aromatic rings. The second kappa shape index (κ2) is 10.6. The van der Waals surface area contributed by atoms with Gasteiger partial charge in [-0.1, -0.05) is 24.3 Å². The molecule has 168 valence electrons. The van der Waals surface area contributed by atoms with Crippen molar-refractivity contribution >= 4 is 6.03 Å². The Labute approximate surface area is 178 Å². The number of alkyl halides is 3. The largest absolute Gasteiger partial charge is 0.389 e. The van der Waals surface area contributed by atoms with Gasteiger partial charge in [0.25, 0.3) is 0 Å². The van der Waals surface area contributed by atoms with Gasteiger partial charge in [-0.15, -0.1) is 0 Å². The Morgan fingerprint density at radius 1 is 1.10 bits per heavy atom. The predicted octanol–water partition coefficient (Wildman–Crippen LogP) is 4.18. The van der Waals surface area contributed by atoms with E-state index < -0.39 is 18.4 Å². The fourth-order valence-electron chi connectivity index (χ4n) is 3.55. The van der Waals surface area contributed by atoms with Crippen LogP contribution < -0.4 is 10.6 Å². The summed E-state index contributed by atoms with van der Waals surface area (Å²) < 4.78 is 50.2. The Balaban J connectivity index is 1.59. The molecule has 31 heavy (non-hydrogen) atoms. The van der Waals surface area contributed by atoms with Crippen molar-refractivity contribution in [1.82, 2.24) is 20.5 Å². The van der Waals surface area contributed by atoms with Gasteiger partial charge in [0.1, 0.15) is 5.82 Å². The lowest BCUT2D eigenvalue weighted by Crippen LogP contribution is -2.49. The number of aryl methyl sites for hydroxylation is 1. The number of rotatable bonds is 7. The van der Waals surface area contributed by atoms with E-state index in [-0.39, 0.29) is 31.6 Å². The molecule has 1 aromatic carbocycles. The molecule has 0 aliphatic carbocycles. The van der Waals surface area contributed by atoms with Gasteiger partial charge in [0.05, 0.1) is 18.4 Å². The number of aromatic nitrogens is 1. The van der Waals surface area contributed by atoms with Crippen LogP contribution in [-0.4, -0.2) is 41.2 Å². The highest BCUT2D eigenvalue weighted by Crippen LogP contribution is 2.22. The molecule has 2 heterocycles. The van der Waals surface area contributed by atoms with Crippen LogP contribution in [0.2, 0.25) is 0 Å². The van der Waals surface area contributed by atoms with Crippen molar-refractivity contribution < 1.29 is 22.4 Å². The number of benzene rings is 1. The van der Waals surface area contributed by atoms with Gasteiger partial charge >= 0.3 is 12.2 Å². The third kappa shape index (κ3) is 7.50. The van der Waals surface area contributed by atoms with Crippen molar-refractivity contribution in [2.75, 3.05) is 13.1 Å². The molecular formula is C22H26F4N4O. The van der Waals surface area contributed by atoms with E-state index in [1.54, 1.807) is 35.2 Å². The number of pyridine rings is 1. The fourth-order valence-corrected chi connectivity index (χ4v) is 3.55. The minimum Gasteiger partial charge on any atom is -0.334 e. The fraction of sp³-hybridized carbons (Fsp3) is 0.455. The van der Waals surface area contributed by atoms with Gasteiger partial charge in [0.15, 0.2) is 0 Å². The van der Waals surface area contributed by atoms with Crippen LogP contribution >= 0.6 is 0 Å². The summed E-state index contributed by atoms with van der Waals surface area (Å²) in [6.45, 7) is 2.15. The predicted molar refractivity (Wildman–Crippen MR) is 109 cm³/mol. The number of carbonyl (C=O) groups excluding carboxylic acids is 1. The van der Waals surface area contributed by atoms with Crippen LogP contribution in [0.15, 0.2) is 42.6 Å². The molecule has 9 heteroatoms. The molecule has 2 amide bonds. The highest BCUT2D eigenvalue weighted by atomic mass is 19.4. The Morgan fingerprint density at radius 2 is 1.77 bits per heavy atom. The van der Waals surface area contributed by atoms with Crippen LogP contribution in [0.25, 0.3) is 0 Å². The minimum atomic E-state index is -4.18. The van der Waals surface area contributed by atoms with Gasteiger partial charge in [-0.05, 0) is 55.6 Å².